The van der Waals surface area contributed by atoms with E-state index < -0.39 is 16.0 Å². The van der Waals surface area contributed by atoms with E-state index in [1.54, 1.807) is 48.5 Å². The van der Waals surface area contributed by atoms with Gasteiger partial charge in [-0.1, -0.05) is 35.9 Å². The van der Waals surface area contributed by atoms with Gasteiger partial charge in [0.25, 0.3) is 10.0 Å². The van der Waals surface area contributed by atoms with Crippen LogP contribution in [-0.2, 0) is 21.4 Å². The lowest BCUT2D eigenvalue weighted by molar-refractivity contribution is 0.0472. The molecule has 3 rings (SSSR count). The van der Waals surface area contributed by atoms with Gasteiger partial charge < -0.3 is 9.47 Å². The number of carbonyl (C=O) groups excluding carboxylic acids is 1. The number of carbonyl (C=O) groups is 1. The minimum atomic E-state index is -3.88. The molecule has 0 aliphatic carbocycles. The first-order valence-electron chi connectivity index (χ1n) is 8.96. The van der Waals surface area contributed by atoms with Crippen LogP contribution in [0.1, 0.15) is 15.9 Å². The quantitative estimate of drug-likeness (QED) is 0.499. The summed E-state index contributed by atoms with van der Waals surface area (Å²) in [6, 6.07) is 19.4. The van der Waals surface area contributed by atoms with Crippen LogP contribution in [0.25, 0.3) is 0 Å². The molecule has 0 unspecified atom stereocenters. The molecule has 0 saturated carbocycles. The number of rotatable bonds is 7. The molecule has 0 saturated heterocycles. The lowest BCUT2D eigenvalue weighted by Gasteiger charge is -2.20. The molecule has 6 nitrogen and oxygen atoms in total. The summed E-state index contributed by atoms with van der Waals surface area (Å²) in [7, 11) is -0.900. The van der Waals surface area contributed by atoms with Gasteiger partial charge in [-0.15, -0.1) is 0 Å². The van der Waals surface area contributed by atoms with Gasteiger partial charge in [0.15, 0.2) is 0 Å². The van der Waals surface area contributed by atoms with Gasteiger partial charge in [0.05, 0.1) is 23.3 Å². The van der Waals surface area contributed by atoms with Crippen molar-refractivity contribution in [2.75, 3.05) is 18.5 Å². The number of sulfonamides is 1. The third kappa shape index (κ3) is 4.75. The van der Waals surface area contributed by atoms with Crippen LogP contribution in [-0.4, -0.2) is 28.5 Å². The maximum atomic E-state index is 13.0. The Balaban J connectivity index is 1.79. The van der Waals surface area contributed by atoms with Crippen molar-refractivity contribution in [3.05, 3.63) is 88.9 Å². The van der Waals surface area contributed by atoms with Gasteiger partial charge in [-0.25, -0.2) is 13.2 Å². The molecule has 0 aliphatic heterocycles. The monoisotopic (exact) mass is 445 g/mol. The number of benzene rings is 3. The molecule has 0 atom stereocenters. The predicted molar refractivity (Wildman–Crippen MR) is 116 cm³/mol. The Morgan fingerprint density at radius 1 is 1.00 bits per heavy atom. The zero-order valence-corrected chi connectivity index (χ0v) is 18.0. The van der Waals surface area contributed by atoms with Crippen LogP contribution in [0.4, 0.5) is 5.69 Å². The molecule has 0 aromatic heterocycles. The summed E-state index contributed by atoms with van der Waals surface area (Å²) in [6.45, 7) is -0.0127. The largest absolute Gasteiger partial charge is 0.497 e. The van der Waals surface area contributed by atoms with Crippen molar-refractivity contribution in [3.63, 3.8) is 0 Å². The van der Waals surface area contributed by atoms with Gasteiger partial charge in [-0.2, -0.15) is 0 Å². The number of anilines is 1. The Morgan fingerprint density at radius 2 is 1.70 bits per heavy atom. The Hall–Kier alpha value is -3.03. The van der Waals surface area contributed by atoms with E-state index in [4.69, 9.17) is 21.1 Å². The second-order valence-corrected chi connectivity index (χ2v) is 8.74. The van der Waals surface area contributed by atoms with E-state index in [1.807, 2.05) is 0 Å². The lowest BCUT2D eigenvalue weighted by atomic mass is 10.2. The first kappa shape index (κ1) is 21.7. The molecule has 0 bridgehead atoms. The molecule has 0 fully saturated rings. The van der Waals surface area contributed by atoms with Crippen LogP contribution < -0.4 is 9.04 Å². The molecule has 0 aliphatic rings. The number of hydrogen-bond acceptors (Lipinski definition) is 5. The fourth-order valence-electron chi connectivity index (χ4n) is 2.71. The molecular formula is C22H20ClNO5S. The summed E-state index contributed by atoms with van der Waals surface area (Å²) >= 11 is 6.07. The van der Waals surface area contributed by atoms with E-state index in [2.05, 4.69) is 0 Å². The van der Waals surface area contributed by atoms with E-state index in [-0.39, 0.29) is 17.1 Å². The first-order valence-corrected chi connectivity index (χ1v) is 10.8. The lowest BCUT2D eigenvalue weighted by Crippen LogP contribution is -2.26. The van der Waals surface area contributed by atoms with Gasteiger partial charge in [0, 0.05) is 17.6 Å². The van der Waals surface area contributed by atoms with Crippen molar-refractivity contribution in [3.8, 4) is 5.75 Å². The summed E-state index contributed by atoms with van der Waals surface area (Å²) in [5, 5.41) is 0.489. The number of ether oxygens (including phenoxy) is 2. The maximum absolute atomic E-state index is 13.0. The number of esters is 1. The third-order valence-corrected chi connectivity index (χ3v) is 6.63. The van der Waals surface area contributed by atoms with Crippen molar-refractivity contribution >= 4 is 33.3 Å². The van der Waals surface area contributed by atoms with Crippen LogP contribution >= 0.6 is 11.6 Å². The van der Waals surface area contributed by atoms with Crippen molar-refractivity contribution in [2.24, 2.45) is 0 Å². The van der Waals surface area contributed by atoms with Crippen molar-refractivity contribution in [2.45, 2.75) is 11.5 Å². The molecule has 3 aromatic rings. The molecule has 0 radical (unpaired) electrons. The van der Waals surface area contributed by atoms with Gasteiger partial charge in [-0.3, -0.25) is 4.31 Å². The number of methoxy groups -OCH3 is 1. The number of nitrogens with zero attached hydrogens (tertiary/aromatic N) is 1. The van der Waals surface area contributed by atoms with Crippen LogP contribution in [0.5, 0.6) is 5.75 Å². The fourth-order valence-corrected chi connectivity index (χ4v) is 4.15. The molecular weight excluding hydrogens is 426 g/mol. The highest BCUT2D eigenvalue weighted by Crippen LogP contribution is 2.25. The summed E-state index contributed by atoms with van der Waals surface area (Å²) in [5.74, 6) is -0.0214. The Kier molecular flexibility index (Phi) is 6.64. The van der Waals surface area contributed by atoms with E-state index in [9.17, 15) is 13.2 Å². The van der Waals surface area contributed by atoms with Gasteiger partial charge in [0.2, 0.25) is 0 Å². The molecule has 30 heavy (non-hydrogen) atoms. The zero-order chi connectivity index (χ0) is 21.7. The van der Waals surface area contributed by atoms with Crippen molar-refractivity contribution in [1.29, 1.82) is 0 Å². The SMILES string of the molecule is COc1ccc(N(C)S(=O)(=O)c2cccc(C(=O)OCc3ccccc3Cl)c2)cc1. The van der Waals surface area contributed by atoms with Gasteiger partial charge in [0.1, 0.15) is 12.4 Å². The maximum Gasteiger partial charge on any atom is 0.338 e. The smallest absolute Gasteiger partial charge is 0.338 e. The van der Waals surface area contributed by atoms with E-state index >= 15 is 0 Å². The second kappa shape index (κ2) is 9.19. The fraction of sp³-hybridized carbons (Fsp3) is 0.136. The average Bonchev–Trinajstić information content (AvgIpc) is 2.78. The van der Waals surface area contributed by atoms with Gasteiger partial charge in [-0.05, 0) is 48.5 Å². The summed E-state index contributed by atoms with van der Waals surface area (Å²) in [5.41, 5.74) is 1.25. The topological polar surface area (TPSA) is 72.9 Å². The van der Waals surface area contributed by atoms with Crippen LogP contribution in [0.2, 0.25) is 5.02 Å². The minimum absolute atomic E-state index is 0.0127. The second-order valence-electron chi connectivity index (χ2n) is 6.37. The van der Waals surface area contributed by atoms with Crippen LogP contribution in [0.15, 0.2) is 77.7 Å². The third-order valence-electron chi connectivity index (χ3n) is 4.48. The molecule has 0 spiro atoms. The van der Waals surface area contributed by atoms with E-state index in [0.29, 0.717) is 22.0 Å². The normalized spacial score (nSPS) is 11.0. The van der Waals surface area contributed by atoms with Crippen molar-refractivity contribution < 1.29 is 22.7 Å². The minimum Gasteiger partial charge on any atom is -0.497 e. The Labute approximate surface area is 180 Å². The molecule has 3 aromatic carbocycles. The van der Waals surface area contributed by atoms with Crippen LogP contribution in [0, 0.1) is 0 Å². The molecule has 8 heteroatoms. The number of halogens is 1. The predicted octanol–water partition coefficient (Wildman–Crippen LogP) is 4.53. The standard InChI is InChI=1S/C22H20ClNO5S/c1-24(18-10-12-19(28-2)13-11-18)30(26,27)20-8-5-7-16(14-20)22(25)29-15-17-6-3-4-9-21(17)23/h3-14H,15H2,1-2H3. The molecule has 0 N–H and O–H groups in total. The molecule has 0 heterocycles. The molecule has 156 valence electrons. The van der Waals surface area contributed by atoms with E-state index in [1.165, 1.54) is 38.4 Å². The number of hydrogen-bond donors (Lipinski definition) is 0. The van der Waals surface area contributed by atoms with Crippen molar-refractivity contribution in [1.82, 2.24) is 0 Å². The van der Waals surface area contributed by atoms with Gasteiger partial charge >= 0.3 is 5.97 Å². The zero-order valence-electron chi connectivity index (χ0n) is 16.4. The summed E-state index contributed by atoms with van der Waals surface area (Å²) in [6.07, 6.45) is 0. The highest BCUT2D eigenvalue weighted by atomic mass is 35.5. The van der Waals surface area contributed by atoms with Crippen LogP contribution in [0.3, 0.4) is 0 Å². The summed E-state index contributed by atoms with van der Waals surface area (Å²) in [4.78, 5) is 12.4. The highest BCUT2D eigenvalue weighted by Gasteiger charge is 2.23. The highest BCUT2D eigenvalue weighted by molar-refractivity contribution is 7.92. The first-order chi connectivity index (χ1) is 14.3. The average molecular weight is 446 g/mol. The Bertz CT molecular complexity index is 1150. The summed E-state index contributed by atoms with van der Waals surface area (Å²) < 4.78 is 37.5. The van der Waals surface area contributed by atoms with E-state index in [0.717, 1.165) is 4.31 Å². The molecule has 0 amide bonds. The Morgan fingerprint density at radius 3 is 2.37 bits per heavy atom.